The number of aromatic nitrogens is 1. The van der Waals surface area contributed by atoms with Crippen molar-refractivity contribution in [2.24, 2.45) is 0 Å². The first-order valence-electron chi connectivity index (χ1n) is 6.87. The molecule has 1 aliphatic rings. The van der Waals surface area contributed by atoms with E-state index in [-0.39, 0.29) is 11.9 Å². The predicted octanol–water partition coefficient (Wildman–Crippen LogP) is 2.87. The molecule has 0 saturated heterocycles. The Morgan fingerprint density at radius 3 is 3.00 bits per heavy atom. The van der Waals surface area contributed by atoms with E-state index in [1.165, 1.54) is 0 Å². The number of para-hydroxylation sites is 1. The van der Waals surface area contributed by atoms with Crippen LogP contribution in [-0.2, 0) is 17.9 Å². The lowest BCUT2D eigenvalue weighted by molar-refractivity contribution is -0.120. The quantitative estimate of drug-likeness (QED) is 0.910. The highest BCUT2D eigenvalue weighted by Gasteiger charge is 2.27. The fraction of sp³-hybridized carbons (Fsp3) is 0.250. The second kappa shape index (κ2) is 5.95. The average Bonchev–Trinajstić information content (AvgIpc) is 2.60. The van der Waals surface area contributed by atoms with Crippen LogP contribution in [0.5, 0.6) is 0 Å². The number of carbonyl (C=O) groups excluding carboxylic acids is 1. The summed E-state index contributed by atoms with van der Waals surface area (Å²) in [6.07, 6.45) is 3.54. The molecule has 1 aliphatic heterocycles. The van der Waals surface area contributed by atoms with Crippen molar-refractivity contribution < 1.29 is 4.79 Å². The molecule has 5 heteroatoms. The number of hydrogen-bond donors (Lipinski definition) is 1. The third kappa shape index (κ3) is 2.99. The molecule has 21 heavy (non-hydrogen) atoms. The Labute approximate surface area is 132 Å². The molecule has 1 unspecified atom stereocenters. The summed E-state index contributed by atoms with van der Waals surface area (Å²) in [7, 11) is 0. The number of pyridine rings is 1. The van der Waals surface area contributed by atoms with Crippen molar-refractivity contribution in [2.75, 3.05) is 4.90 Å². The SMILES string of the molecule is CC1NCc2ccccc2N(Cc2cncc(Br)c2)C1=O. The molecule has 0 saturated carbocycles. The molecule has 0 bridgehead atoms. The summed E-state index contributed by atoms with van der Waals surface area (Å²) < 4.78 is 0.918. The first-order chi connectivity index (χ1) is 10.1. The summed E-state index contributed by atoms with van der Waals surface area (Å²) in [5, 5.41) is 3.26. The maximum Gasteiger partial charge on any atom is 0.244 e. The number of rotatable bonds is 2. The molecule has 1 atom stereocenters. The highest BCUT2D eigenvalue weighted by Crippen LogP contribution is 2.26. The van der Waals surface area contributed by atoms with Crippen LogP contribution in [-0.4, -0.2) is 16.9 Å². The van der Waals surface area contributed by atoms with Crippen molar-refractivity contribution in [3.05, 3.63) is 58.3 Å². The second-order valence-corrected chi connectivity index (χ2v) is 6.08. The van der Waals surface area contributed by atoms with Gasteiger partial charge in [0.15, 0.2) is 0 Å². The Morgan fingerprint density at radius 1 is 1.38 bits per heavy atom. The molecular weight excluding hydrogens is 330 g/mol. The first-order valence-corrected chi connectivity index (χ1v) is 7.66. The van der Waals surface area contributed by atoms with Gasteiger partial charge in [-0.15, -0.1) is 0 Å². The second-order valence-electron chi connectivity index (χ2n) is 5.17. The number of halogens is 1. The van der Waals surface area contributed by atoms with E-state index in [4.69, 9.17) is 0 Å². The molecular formula is C16H16BrN3O. The van der Waals surface area contributed by atoms with Gasteiger partial charge in [-0.3, -0.25) is 9.78 Å². The fourth-order valence-electron chi connectivity index (χ4n) is 2.51. The van der Waals surface area contributed by atoms with E-state index in [1.807, 2.05) is 36.1 Å². The van der Waals surface area contributed by atoms with E-state index in [0.29, 0.717) is 13.1 Å². The maximum absolute atomic E-state index is 12.6. The van der Waals surface area contributed by atoms with Crippen molar-refractivity contribution in [2.45, 2.75) is 26.1 Å². The summed E-state index contributed by atoms with van der Waals surface area (Å²) in [6, 6.07) is 9.82. The van der Waals surface area contributed by atoms with Crippen LogP contribution in [0.4, 0.5) is 5.69 Å². The minimum absolute atomic E-state index is 0.0833. The van der Waals surface area contributed by atoms with E-state index in [0.717, 1.165) is 21.3 Å². The Kier molecular flexibility index (Phi) is 4.03. The lowest BCUT2D eigenvalue weighted by Gasteiger charge is -2.24. The highest BCUT2D eigenvalue weighted by molar-refractivity contribution is 9.10. The molecule has 1 aromatic heterocycles. The topological polar surface area (TPSA) is 45.2 Å². The summed E-state index contributed by atoms with van der Waals surface area (Å²) in [4.78, 5) is 18.6. The highest BCUT2D eigenvalue weighted by atomic mass is 79.9. The lowest BCUT2D eigenvalue weighted by Crippen LogP contribution is -2.42. The first kappa shape index (κ1) is 14.2. The predicted molar refractivity (Wildman–Crippen MR) is 85.9 cm³/mol. The zero-order valence-corrected chi connectivity index (χ0v) is 13.3. The summed E-state index contributed by atoms with van der Waals surface area (Å²) >= 11 is 3.42. The molecule has 4 nitrogen and oxygen atoms in total. The number of fused-ring (bicyclic) bond motifs is 1. The van der Waals surface area contributed by atoms with Gasteiger partial charge in [0.1, 0.15) is 0 Å². The standard InChI is InChI=1S/C16H16BrN3O/c1-11-16(21)20(10-12-6-14(17)9-18-7-12)15-5-3-2-4-13(15)8-19-11/h2-7,9,11,19H,8,10H2,1H3. The third-order valence-corrected chi connectivity index (χ3v) is 4.05. The molecule has 0 aliphatic carbocycles. The third-order valence-electron chi connectivity index (χ3n) is 3.62. The van der Waals surface area contributed by atoms with Gasteiger partial charge in [0.05, 0.1) is 12.6 Å². The van der Waals surface area contributed by atoms with Gasteiger partial charge in [-0.05, 0) is 46.1 Å². The van der Waals surface area contributed by atoms with Crippen molar-refractivity contribution in [1.29, 1.82) is 0 Å². The van der Waals surface area contributed by atoms with Crippen LogP contribution >= 0.6 is 15.9 Å². The minimum atomic E-state index is -0.197. The van der Waals surface area contributed by atoms with Crippen LogP contribution < -0.4 is 10.2 Å². The number of anilines is 1. The molecule has 0 radical (unpaired) electrons. The Morgan fingerprint density at radius 2 is 2.19 bits per heavy atom. The van der Waals surface area contributed by atoms with E-state index in [9.17, 15) is 4.79 Å². The van der Waals surface area contributed by atoms with Crippen molar-refractivity contribution in [3.8, 4) is 0 Å². The van der Waals surface area contributed by atoms with Crippen LogP contribution in [0.25, 0.3) is 0 Å². The Bertz CT molecular complexity index is 674. The van der Waals surface area contributed by atoms with Crippen LogP contribution in [0.1, 0.15) is 18.1 Å². The normalized spacial score (nSPS) is 18.3. The zero-order chi connectivity index (χ0) is 14.8. The number of nitrogens with one attached hydrogen (secondary N) is 1. The van der Waals surface area contributed by atoms with Crippen molar-refractivity contribution in [1.82, 2.24) is 10.3 Å². The largest absolute Gasteiger partial charge is 0.306 e. The number of hydrogen-bond acceptors (Lipinski definition) is 3. The monoisotopic (exact) mass is 345 g/mol. The van der Waals surface area contributed by atoms with Gasteiger partial charge in [0, 0.05) is 29.1 Å². The maximum atomic E-state index is 12.6. The van der Waals surface area contributed by atoms with E-state index < -0.39 is 0 Å². The number of amides is 1. The van der Waals surface area contributed by atoms with Gasteiger partial charge < -0.3 is 10.2 Å². The lowest BCUT2D eigenvalue weighted by atomic mass is 10.1. The van der Waals surface area contributed by atoms with Gasteiger partial charge in [-0.1, -0.05) is 18.2 Å². The van der Waals surface area contributed by atoms with Gasteiger partial charge in [0.25, 0.3) is 0 Å². The van der Waals surface area contributed by atoms with E-state index in [2.05, 4.69) is 32.3 Å². The molecule has 0 fully saturated rings. The van der Waals surface area contributed by atoms with E-state index >= 15 is 0 Å². The molecule has 2 heterocycles. The Balaban J connectivity index is 1.99. The van der Waals surface area contributed by atoms with Gasteiger partial charge >= 0.3 is 0 Å². The molecule has 108 valence electrons. The van der Waals surface area contributed by atoms with Gasteiger partial charge in [0.2, 0.25) is 5.91 Å². The van der Waals surface area contributed by atoms with Crippen molar-refractivity contribution in [3.63, 3.8) is 0 Å². The van der Waals surface area contributed by atoms with Crippen molar-refractivity contribution >= 4 is 27.5 Å². The summed E-state index contributed by atoms with van der Waals surface area (Å²) in [5.41, 5.74) is 3.11. The zero-order valence-electron chi connectivity index (χ0n) is 11.7. The molecule has 1 N–H and O–H groups in total. The van der Waals surface area contributed by atoms with Crippen LogP contribution in [0.3, 0.4) is 0 Å². The van der Waals surface area contributed by atoms with Gasteiger partial charge in [-0.25, -0.2) is 0 Å². The summed E-state index contributed by atoms with van der Waals surface area (Å²) in [6.45, 7) is 3.13. The smallest absolute Gasteiger partial charge is 0.244 e. The Hall–Kier alpha value is -1.72. The molecule has 3 rings (SSSR count). The molecule has 1 aromatic carbocycles. The van der Waals surface area contributed by atoms with Crippen LogP contribution in [0.15, 0.2) is 47.2 Å². The molecule has 1 amide bonds. The number of benzene rings is 1. The number of carbonyl (C=O) groups is 1. The van der Waals surface area contributed by atoms with Crippen LogP contribution in [0, 0.1) is 0 Å². The fourth-order valence-corrected chi connectivity index (χ4v) is 2.93. The summed E-state index contributed by atoms with van der Waals surface area (Å²) in [5.74, 6) is 0.0833. The minimum Gasteiger partial charge on any atom is -0.306 e. The number of nitrogens with zero attached hydrogens (tertiary/aromatic N) is 2. The van der Waals surface area contributed by atoms with Crippen LogP contribution in [0.2, 0.25) is 0 Å². The molecule has 2 aromatic rings. The molecule has 0 spiro atoms. The van der Waals surface area contributed by atoms with E-state index in [1.54, 1.807) is 12.4 Å². The van der Waals surface area contributed by atoms with Gasteiger partial charge in [-0.2, -0.15) is 0 Å². The average molecular weight is 346 g/mol.